The van der Waals surface area contributed by atoms with E-state index in [1.807, 2.05) is 13.8 Å². The lowest BCUT2D eigenvalue weighted by atomic mass is 10.3. The number of ether oxygens (including phenoxy) is 1. The minimum atomic E-state index is 0.404. The zero-order valence-corrected chi connectivity index (χ0v) is 8.11. The quantitative estimate of drug-likeness (QED) is 0.553. The van der Waals surface area contributed by atoms with Crippen molar-refractivity contribution >= 4 is 0 Å². The van der Waals surface area contributed by atoms with Gasteiger partial charge in [-0.15, -0.1) is 0 Å². The van der Waals surface area contributed by atoms with Crippen LogP contribution < -0.4 is 0 Å². The molecule has 0 aliphatic rings. The summed E-state index contributed by atoms with van der Waals surface area (Å²) in [7, 11) is 0. The van der Waals surface area contributed by atoms with Crippen LogP contribution in [0.1, 0.15) is 47.5 Å². The minimum Gasteiger partial charge on any atom is -0.379 e. The number of rotatable bonds is 4. The highest BCUT2D eigenvalue weighted by molar-refractivity contribution is 4.36. The molecular formula is C9H22O. The van der Waals surface area contributed by atoms with Gasteiger partial charge in [0, 0.05) is 6.61 Å². The van der Waals surface area contributed by atoms with Crippen LogP contribution in [0.3, 0.4) is 0 Å². The van der Waals surface area contributed by atoms with Crippen molar-refractivity contribution in [1.82, 2.24) is 0 Å². The maximum absolute atomic E-state index is 5.28. The Bertz CT molecular complexity index is 42.0. The second-order valence-electron chi connectivity index (χ2n) is 2.27. The summed E-state index contributed by atoms with van der Waals surface area (Å²) in [6, 6.07) is 0. The van der Waals surface area contributed by atoms with Crippen LogP contribution >= 0.6 is 0 Å². The van der Waals surface area contributed by atoms with Gasteiger partial charge in [0.2, 0.25) is 0 Å². The molecule has 64 valence electrons. The van der Waals surface area contributed by atoms with Crippen molar-refractivity contribution in [2.75, 3.05) is 6.61 Å². The van der Waals surface area contributed by atoms with Crippen LogP contribution in [0.15, 0.2) is 0 Å². The van der Waals surface area contributed by atoms with Gasteiger partial charge in [0.1, 0.15) is 0 Å². The fourth-order valence-electron chi connectivity index (χ4n) is 0.463. The van der Waals surface area contributed by atoms with Crippen molar-refractivity contribution in [2.24, 2.45) is 0 Å². The third-order valence-corrected chi connectivity index (χ3v) is 0.949. The fourth-order valence-corrected chi connectivity index (χ4v) is 0.463. The molecule has 0 bridgehead atoms. The Balaban J connectivity index is 0. The van der Waals surface area contributed by atoms with Crippen molar-refractivity contribution in [3.63, 3.8) is 0 Å². The van der Waals surface area contributed by atoms with Crippen LogP contribution in [-0.2, 0) is 4.74 Å². The Morgan fingerprint density at radius 2 is 1.70 bits per heavy atom. The SMILES string of the molecule is CC.CCCCOC(C)C. The van der Waals surface area contributed by atoms with Crippen molar-refractivity contribution in [1.29, 1.82) is 0 Å². The molecule has 0 N–H and O–H groups in total. The fraction of sp³-hybridized carbons (Fsp3) is 1.00. The summed E-state index contributed by atoms with van der Waals surface area (Å²) in [6.07, 6.45) is 2.83. The van der Waals surface area contributed by atoms with Gasteiger partial charge in [-0.3, -0.25) is 0 Å². The Hall–Kier alpha value is -0.0400. The Kier molecular flexibility index (Phi) is 14.8. The molecule has 0 unspecified atom stereocenters. The van der Waals surface area contributed by atoms with E-state index in [1.54, 1.807) is 0 Å². The maximum Gasteiger partial charge on any atom is 0.0518 e. The van der Waals surface area contributed by atoms with E-state index in [-0.39, 0.29) is 0 Å². The maximum atomic E-state index is 5.28. The van der Waals surface area contributed by atoms with E-state index in [0.717, 1.165) is 6.61 Å². The van der Waals surface area contributed by atoms with Gasteiger partial charge >= 0.3 is 0 Å². The van der Waals surface area contributed by atoms with E-state index in [2.05, 4.69) is 20.8 Å². The van der Waals surface area contributed by atoms with Crippen molar-refractivity contribution in [2.45, 2.75) is 53.6 Å². The van der Waals surface area contributed by atoms with Gasteiger partial charge in [-0.2, -0.15) is 0 Å². The second kappa shape index (κ2) is 11.7. The third kappa shape index (κ3) is 15.7. The van der Waals surface area contributed by atoms with Gasteiger partial charge in [0.15, 0.2) is 0 Å². The number of hydrogen-bond donors (Lipinski definition) is 0. The highest BCUT2D eigenvalue weighted by atomic mass is 16.5. The molecule has 1 heteroatoms. The average molecular weight is 146 g/mol. The zero-order chi connectivity index (χ0) is 8.41. The van der Waals surface area contributed by atoms with Crippen molar-refractivity contribution < 1.29 is 4.74 Å². The van der Waals surface area contributed by atoms with E-state index in [1.165, 1.54) is 12.8 Å². The molecule has 1 nitrogen and oxygen atoms in total. The molecule has 0 aromatic rings. The first-order valence-corrected chi connectivity index (χ1v) is 4.39. The molecule has 0 fully saturated rings. The highest BCUT2D eigenvalue weighted by Gasteiger charge is 1.89. The van der Waals surface area contributed by atoms with Gasteiger partial charge < -0.3 is 4.74 Å². The first kappa shape index (κ1) is 12.6. The smallest absolute Gasteiger partial charge is 0.0518 e. The molecule has 0 spiro atoms. The van der Waals surface area contributed by atoms with Crippen LogP contribution in [0.2, 0.25) is 0 Å². The molecule has 0 aliphatic heterocycles. The predicted molar refractivity (Wildman–Crippen MR) is 47.3 cm³/mol. The van der Waals surface area contributed by atoms with Gasteiger partial charge in [0.05, 0.1) is 6.10 Å². The average Bonchev–Trinajstić information content (AvgIpc) is 1.92. The van der Waals surface area contributed by atoms with Gasteiger partial charge in [-0.1, -0.05) is 27.2 Å². The predicted octanol–water partition coefficient (Wildman–Crippen LogP) is 3.24. The molecular weight excluding hydrogens is 124 g/mol. The molecule has 0 aliphatic carbocycles. The molecule has 0 amide bonds. The molecule has 0 saturated carbocycles. The zero-order valence-electron chi connectivity index (χ0n) is 8.11. The minimum absolute atomic E-state index is 0.404. The lowest BCUT2D eigenvalue weighted by Gasteiger charge is -2.04. The standard InChI is InChI=1S/C7H16O.C2H6/c1-4-5-6-8-7(2)3;1-2/h7H,4-6H2,1-3H3;1-2H3. The van der Waals surface area contributed by atoms with E-state index in [9.17, 15) is 0 Å². The molecule has 0 atom stereocenters. The third-order valence-electron chi connectivity index (χ3n) is 0.949. The molecule has 0 heterocycles. The summed E-state index contributed by atoms with van der Waals surface area (Å²) < 4.78 is 5.28. The molecule has 0 rings (SSSR count). The van der Waals surface area contributed by atoms with Crippen LogP contribution in [0.4, 0.5) is 0 Å². The van der Waals surface area contributed by atoms with Gasteiger partial charge in [0.25, 0.3) is 0 Å². The highest BCUT2D eigenvalue weighted by Crippen LogP contribution is 1.91. The molecule has 0 radical (unpaired) electrons. The topological polar surface area (TPSA) is 9.23 Å². The van der Waals surface area contributed by atoms with Gasteiger partial charge in [-0.25, -0.2) is 0 Å². The first-order valence-electron chi connectivity index (χ1n) is 4.39. The largest absolute Gasteiger partial charge is 0.379 e. The lowest BCUT2D eigenvalue weighted by molar-refractivity contribution is 0.0767. The monoisotopic (exact) mass is 146 g/mol. The van der Waals surface area contributed by atoms with Crippen LogP contribution in [0.5, 0.6) is 0 Å². The summed E-state index contributed by atoms with van der Waals surface area (Å²) in [4.78, 5) is 0. The van der Waals surface area contributed by atoms with Crippen LogP contribution in [0.25, 0.3) is 0 Å². The van der Waals surface area contributed by atoms with E-state index in [4.69, 9.17) is 4.74 Å². The van der Waals surface area contributed by atoms with Crippen LogP contribution in [-0.4, -0.2) is 12.7 Å². The lowest BCUT2D eigenvalue weighted by Crippen LogP contribution is -2.02. The Morgan fingerprint density at radius 1 is 1.20 bits per heavy atom. The summed E-state index contributed by atoms with van der Waals surface area (Å²) in [5.41, 5.74) is 0. The normalized spacial score (nSPS) is 9.00. The molecule has 0 aromatic carbocycles. The van der Waals surface area contributed by atoms with Crippen molar-refractivity contribution in [3.05, 3.63) is 0 Å². The summed E-state index contributed by atoms with van der Waals surface area (Å²) >= 11 is 0. The summed E-state index contributed by atoms with van der Waals surface area (Å²) in [5, 5.41) is 0. The van der Waals surface area contributed by atoms with Gasteiger partial charge in [-0.05, 0) is 20.3 Å². The van der Waals surface area contributed by atoms with E-state index < -0.39 is 0 Å². The number of hydrogen-bond acceptors (Lipinski definition) is 1. The molecule has 10 heavy (non-hydrogen) atoms. The summed E-state index contributed by atoms with van der Waals surface area (Å²) in [5.74, 6) is 0. The van der Waals surface area contributed by atoms with Crippen LogP contribution in [0, 0.1) is 0 Å². The van der Waals surface area contributed by atoms with E-state index in [0.29, 0.717) is 6.10 Å². The second-order valence-corrected chi connectivity index (χ2v) is 2.27. The van der Waals surface area contributed by atoms with E-state index >= 15 is 0 Å². The Morgan fingerprint density at radius 3 is 2.00 bits per heavy atom. The number of unbranched alkanes of at least 4 members (excludes halogenated alkanes) is 1. The molecule has 0 aromatic heterocycles. The molecule has 0 saturated heterocycles. The summed E-state index contributed by atoms with van der Waals surface area (Å²) in [6.45, 7) is 11.2. The Labute approximate surface area is 65.8 Å². The first-order chi connectivity index (χ1) is 4.77. The van der Waals surface area contributed by atoms with Crippen molar-refractivity contribution in [3.8, 4) is 0 Å².